The molecule has 0 atom stereocenters. The lowest BCUT2D eigenvalue weighted by Crippen LogP contribution is -2.24. The van der Waals surface area contributed by atoms with Crippen LogP contribution in [-0.2, 0) is 18.3 Å². The third kappa shape index (κ3) is 4.03. The highest BCUT2D eigenvalue weighted by Gasteiger charge is 2.17. The standard InChI is InChI=1S/C18H20N4O2S.C2H6/c1-6-7-13(24-5)8-11(2)10-22-18(23)15-14(9-19-22)16-17(21(15)4)20-12(3)25-16;1-2/h6-9H,2,10H2,1,3-5H3;1-2H3/b7-6-,13-8+;. The lowest BCUT2D eigenvalue weighted by Gasteiger charge is -2.07. The zero-order valence-electron chi connectivity index (χ0n) is 16.7. The molecule has 0 amide bonds. The normalized spacial score (nSPS) is 11.9. The summed E-state index contributed by atoms with van der Waals surface area (Å²) in [7, 11) is 3.46. The van der Waals surface area contributed by atoms with Crippen molar-refractivity contribution < 1.29 is 4.74 Å². The van der Waals surface area contributed by atoms with E-state index in [1.807, 2.05) is 51.5 Å². The Morgan fingerprint density at radius 1 is 1.41 bits per heavy atom. The van der Waals surface area contributed by atoms with Crippen LogP contribution in [0.2, 0.25) is 0 Å². The number of aryl methyl sites for hydroxylation is 2. The van der Waals surface area contributed by atoms with Crippen molar-refractivity contribution in [2.45, 2.75) is 34.2 Å². The van der Waals surface area contributed by atoms with Gasteiger partial charge in [0.05, 0.1) is 29.6 Å². The molecule has 3 aromatic rings. The van der Waals surface area contributed by atoms with E-state index in [4.69, 9.17) is 4.74 Å². The molecule has 0 fully saturated rings. The van der Waals surface area contributed by atoms with Crippen molar-refractivity contribution in [1.82, 2.24) is 19.3 Å². The highest BCUT2D eigenvalue weighted by atomic mass is 32.1. The number of thiazole rings is 1. The maximum Gasteiger partial charge on any atom is 0.291 e. The van der Waals surface area contributed by atoms with Gasteiger partial charge < -0.3 is 9.30 Å². The second-order valence-corrected chi connectivity index (χ2v) is 6.93. The lowest BCUT2D eigenvalue weighted by molar-refractivity contribution is 0.306. The molecule has 3 aromatic heterocycles. The van der Waals surface area contributed by atoms with Gasteiger partial charge in [-0.25, -0.2) is 9.67 Å². The summed E-state index contributed by atoms with van der Waals surface area (Å²) in [5, 5.41) is 6.14. The second-order valence-electron chi connectivity index (χ2n) is 5.72. The van der Waals surface area contributed by atoms with Crippen molar-refractivity contribution in [3.63, 3.8) is 0 Å². The summed E-state index contributed by atoms with van der Waals surface area (Å²) in [5.41, 5.74) is 2.01. The average Bonchev–Trinajstić information content (AvgIpc) is 3.16. The van der Waals surface area contributed by atoms with E-state index in [1.54, 1.807) is 30.7 Å². The molecule has 0 saturated carbocycles. The Kier molecular flexibility index (Phi) is 6.74. The van der Waals surface area contributed by atoms with E-state index in [0.717, 1.165) is 26.3 Å². The number of fused-ring (bicyclic) bond motifs is 3. The third-order valence-electron chi connectivity index (χ3n) is 3.90. The van der Waals surface area contributed by atoms with Crippen molar-refractivity contribution in [2.24, 2.45) is 7.05 Å². The van der Waals surface area contributed by atoms with E-state index >= 15 is 0 Å². The SMILES string of the molecule is C=C(/C=C(\C=C/C)OC)Cn1ncc2c3sc(C)nc3n(C)c2c1=O.CC. The molecule has 144 valence electrons. The van der Waals surface area contributed by atoms with E-state index in [1.165, 1.54) is 4.68 Å². The van der Waals surface area contributed by atoms with E-state index in [0.29, 0.717) is 17.8 Å². The van der Waals surface area contributed by atoms with Crippen LogP contribution in [0.15, 0.2) is 47.1 Å². The van der Waals surface area contributed by atoms with Crippen LogP contribution in [0.1, 0.15) is 25.8 Å². The lowest BCUT2D eigenvalue weighted by atomic mass is 10.2. The largest absolute Gasteiger partial charge is 0.497 e. The molecule has 0 spiro atoms. The highest BCUT2D eigenvalue weighted by Crippen LogP contribution is 2.30. The summed E-state index contributed by atoms with van der Waals surface area (Å²) in [5.74, 6) is 0.681. The zero-order chi connectivity index (χ0) is 20.1. The fourth-order valence-corrected chi connectivity index (χ4v) is 3.75. The number of hydrogen-bond acceptors (Lipinski definition) is 5. The Morgan fingerprint density at radius 2 is 2.11 bits per heavy atom. The number of nitrogens with zero attached hydrogens (tertiary/aromatic N) is 4. The first-order chi connectivity index (χ1) is 13.0. The topological polar surface area (TPSA) is 61.9 Å². The van der Waals surface area contributed by atoms with E-state index in [9.17, 15) is 4.79 Å². The van der Waals surface area contributed by atoms with Gasteiger partial charge in [-0.05, 0) is 31.6 Å². The second kappa shape index (κ2) is 8.81. The average molecular weight is 387 g/mol. The predicted molar refractivity (Wildman–Crippen MR) is 113 cm³/mol. The molecule has 3 heterocycles. The van der Waals surface area contributed by atoms with Crippen LogP contribution in [0, 0.1) is 6.92 Å². The maximum absolute atomic E-state index is 12.9. The van der Waals surface area contributed by atoms with Gasteiger partial charge in [0, 0.05) is 12.4 Å². The Morgan fingerprint density at radius 3 is 2.74 bits per heavy atom. The fourth-order valence-electron chi connectivity index (χ4n) is 2.78. The van der Waals surface area contributed by atoms with Gasteiger partial charge in [-0.3, -0.25) is 4.79 Å². The fraction of sp³-hybridized carbons (Fsp3) is 0.350. The van der Waals surface area contributed by atoms with Crippen LogP contribution in [0.4, 0.5) is 0 Å². The first-order valence-electron chi connectivity index (χ1n) is 8.84. The Balaban J connectivity index is 0.00000126. The van der Waals surface area contributed by atoms with Crippen molar-refractivity contribution in [2.75, 3.05) is 7.11 Å². The Hall–Kier alpha value is -2.67. The van der Waals surface area contributed by atoms with Gasteiger partial charge in [0.1, 0.15) is 11.3 Å². The molecule has 0 aromatic carbocycles. The summed E-state index contributed by atoms with van der Waals surface area (Å²) >= 11 is 1.58. The van der Waals surface area contributed by atoms with Crippen molar-refractivity contribution in [3.05, 3.63) is 57.7 Å². The number of aromatic nitrogens is 4. The molecule has 0 aliphatic heterocycles. The van der Waals surface area contributed by atoms with Crippen molar-refractivity contribution >= 4 is 32.6 Å². The Labute approximate surface area is 163 Å². The van der Waals surface area contributed by atoms with Gasteiger partial charge >= 0.3 is 0 Å². The van der Waals surface area contributed by atoms with Crippen LogP contribution < -0.4 is 5.56 Å². The van der Waals surface area contributed by atoms with Gasteiger partial charge in [-0.15, -0.1) is 11.3 Å². The van der Waals surface area contributed by atoms with Crippen molar-refractivity contribution in [1.29, 1.82) is 0 Å². The summed E-state index contributed by atoms with van der Waals surface area (Å²) in [6.45, 7) is 12.2. The van der Waals surface area contributed by atoms with Crippen LogP contribution in [0.3, 0.4) is 0 Å². The summed E-state index contributed by atoms with van der Waals surface area (Å²) in [6.07, 6.45) is 7.25. The minimum Gasteiger partial charge on any atom is -0.497 e. The molecule has 0 aliphatic rings. The van der Waals surface area contributed by atoms with Gasteiger partial charge in [0.15, 0.2) is 5.65 Å². The number of ether oxygens (including phenoxy) is 1. The third-order valence-corrected chi connectivity index (χ3v) is 4.89. The molecule has 0 radical (unpaired) electrons. The quantitative estimate of drug-likeness (QED) is 0.483. The molecule has 7 heteroatoms. The van der Waals surface area contributed by atoms with Crippen molar-refractivity contribution in [3.8, 4) is 0 Å². The monoisotopic (exact) mass is 386 g/mol. The minimum atomic E-state index is -0.151. The minimum absolute atomic E-state index is 0.151. The number of allylic oxidation sites excluding steroid dienone is 4. The maximum atomic E-state index is 12.9. The van der Waals surface area contributed by atoms with Crippen LogP contribution in [0.5, 0.6) is 0 Å². The van der Waals surface area contributed by atoms with E-state index in [-0.39, 0.29) is 5.56 Å². The van der Waals surface area contributed by atoms with Crippen LogP contribution >= 0.6 is 11.3 Å². The molecule has 0 unspecified atom stereocenters. The first-order valence-corrected chi connectivity index (χ1v) is 9.65. The zero-order valence-corrected chi connectivity index (χ0v) is 17.6. The molecule has 0 saturated heterocycles. The summed E-state index contributed by atoms with van der Waals surface area (Å²) in [6, 6.07) is 0. The molecule has 3 rings (SSSR count). The van der Waals surface area contributed by atoms with E-state index in [2.05, 4.69) is 16.7 Å². The summed E-state index contributed by atoms with van der Waals surface area (Å²) < 4.78 is 9.51. The first kappa shape index (κ1) is 20.6. The predicted octanol–water partition coefficient (Wildman–Crippen LogP) is 4.34. The van der Waals surface area contributed by atoms with Gasteiger partial charge in [-0.2, -0.15) is 5.10 Å². The smallest absolute Gasteiger partial charge is 0.291 e. The Bertz CT molecular complexity index is 1080. The number of hydrogen-bond donors (Lipinski definition) is 0. The summed E-state index contributed by atoms with van der Waals surface area (Å²) in [4.78, 5) is 17.4. The molecule has 0 aliphatic carbocycles. The van der Waals surface area contributed by atoms with Crippen LogP contribution in [-0.4, -0.2) is 26.4 Å². The molecule has 27 heavy (non-hydrogen) atoms. The molecular formula is C20H26N4O2S. The molecule has 0 bridgehead atoms. The van der Waals surface area contributed by atoms with Crippen LogP contribution in [0.25, 0.3) is 21.3 Å². The molecule has 0 N–H and O–H groups in total. The van der Waals surface area contributed by atoms with Gasteiger partial charge in [0.2, 0.25) is 0 Å². The number of methoxy groups -OCH3 is 1. The van der Waals surface area contributed by atoms with E-state index < -0.39 is 0 Å². The molecular weight excluding hydrogens is 360 g/mol. The van der Waals surface area contributed by atoms with Gasteiger partial charge in [0.25, 0.3) is 5.56 Å². The highest BCUT2D eigenvalue weighted by molar-refractivity contribution is 7.19. The molecule has 6 nitrogen and oxygen atoms in total. The number of rotatable bonds is 5. The van der Waals surface area contributed by atoms with Gasteiger partial charge in [-0.1, -0.05) is 26.5 Å².